The maximum atomic E-state index is 5.28. The average Bonchev–Trinajstić information content (AvgIpc) is 2.88. The minimum atomic E-state index is 0.600. The van der Waals surface area contributed by atoms with Crippen LogP contribution in [-0.4, -0.2) is 27.0 Å². The summed E-state index contributed by atoms with van der Waals surface area (Å²) >= 11 is 1.48. The van der Waals surface area contributed by atoms with E-state index in [4.69, 9.17) is 4.74 Å². The Morgan fingerprint density at radius 1 is 1.20 bits per heavy atom. The molecule has 3 heterocycles. The van der Waals surface area contributed by atoms with Crippen molar-refractivity contribution in [1.82, 2.24) is 19.9 Å². The summed E-state index contributed by atoms with van der Waals surface area (Å²) in [5, 5.41) is 4.06. The van der Waals surface area contributed by atoms with Gasteiger partial charge < -0.3 is 10.1 Å². The van der Waals surface area contributed by atoms with E-state index in [1.807, 2.05) is 13.0 Å². The number of thiazole rings is 1. The number of rotatable bonds is 4. The van der Waals surface area contributed by atoms with Gasteiger partial charge in [-0.3, -0.25) is 0 Å². The van der Waals surface area contributed by atoms with E-state index in [-0.39, 0.29) is 0 Å². The number of aromatic nitrogens is 4. The van der Waals surface area contributed by atoms with Crippen LogP contribution in [0.4, 0.5) is 5.13 Å². The molecule has 6 nitrogen and oxygen atoms in total. The number of nitrogens with one attached hydrogen (secondary N) is 1. The first-order chi connectivity index (χ1) is 9.78. The predicted molar refractivity (Wildman–Crippen MR) is 78.1 cm³/mol. The molecule has 20 heavy (non-hydrogen) atoms. The summed E-state index contributed by atoms with van der Waals surface area (Å²) < 4.78 is 5.28. The Hall–Kier alpha value is -2.28. The predicted octanol–water partition coefficient (Wildman–Crippen LogP) is 2.41. The van der Waals surface area contributed by atoms with Crippen LogP contribution < -0.4 is 10.1 Å². The molecule has 0 fully saturated rings. The molecular formula is C13H13N5OS. The molecule has 0 radical (unpaired) electrons. The molecule has 0 aliphatic rings. The molecule has 0 unspecified atom stereocenters. The van der Waals surface area contributed by atoms with Crippen molar-refractivity contribution >= 4 is 26.9 Å². The molecule has 0 aromatic carbocycles. The van der Waals surface area contributed by atoms with Crippen molar-refractivity contribution in [2.24, 2.45) is 0 Å². The van der Waals surface area contributed by atoms with Gasteiger partial charge in [0.05, 0.1) is 7.11 Å². The van der Waals surface area contributed by atoms with Crippen LogP contribution in [0, 0.1) is 6.92 Å². The van der Waals surface area contributed by atoms with Crippen LogP contribution in [0.2, 0.25) is 0 Å². The second-order valence-corrected chi connectivity index (χ2v) is 5.15. The zero-order chi connectivity index (χ0) is 13.9. The quantitative estimate of drug-likeness (QED) is 0.794. The second-order valence-electron chi connectivity index (χ2n) is 4.17. The molecule has 0 aliphatic heterocycles. The first kappa shape index (κ1) is 12.7. The summed E-state index contributed by atoms with van der Waals surface area (Å²) in [6.07, 6.45) is 5.04. The van der Waals surface area contributed by atoms with Gasteiger partial charge in [0.1, 0.15) is 0 Å². The van der Waals surface area contributed by atoms with E-state index in [9.17, 15) is 0 Å². The zero-order valence-electron chi connectivity index (χ0n) is 11.1. The normalized spacial score (nSPS) is 10.7. The topological polar surface area (TPSA) is 72.8 Å². The molecule has 3 rings (SSSR count). The van der Waals surface area contributed by atoms with Crippen LogP contribution in [0.3, 0.4) is 0 Å². The number of aryl methyl sites for hydroxylation is 1. The lowest BCUT2D eigenvalue weighted by atomic mass is 10.1. The van der Waals surface area contributed by atoms with Crippen LogP contribution in [0.5, 0.6) is 5.88 Å². The maximum Gasteiger partial charge on any atom is 0.218 e. The Kier molecular flexibility index (Phi) is 3.42. The molecule has 0 amide bonds. The van der Waals surface area contributed by atoms with Crippen molar-refractivity contribution in [2.45, 2.75) is 13.5 Å². The number of ether oxygens (including phenoxy) is 1. The summed E-state index contributed by atoms with van der Waals surface area (Å²) in [6.45, 7) is 2.63. The second kappa shape index (κ2) is 5.38. The summed E-state index contributed by atoms with van der Waals surface area (Å²) in [4.78, 5) is 17.8. The minimum Gasteiger partial charge on any atom is -0.481 e. The molecule has 0 saturated carbocycles. The van der Waals surface area contributed by atoms with Gasteiger partial charge in [-0.1, -0.05) is 11.3 Å². The standard InChI is InChI=1S/C13H13N5OS/c1-8-3-4-15-11(19-2)9(8)7-17-13-18-10-12(20-13)16-6-5-14-10/h3-6H,7H2,1-2H3,(H,14,17,18). The van der Waals surface area contributed by atoms with Crippen LogP contribution in [-0.2, 0) is 6.54 Å². The minimum absolute atomic E-state index is 0.600. The maximum absolute atomic E-state index is 5.28. The Morgan fingerprint density at radius 3 is 2.85 bits per heavy atom. The Morgan fingerprint density at radius 2 is 2.05 bits per heavy atom. The molecule has 0 aliphatic carbocycles. The van der Waals surface area contributed by atoms with Crippen LogP contribution >= 0.6 is 11.3 Å². The fourth-order valence-electron chi connectivity index (χ4n) is 1.87. The van der Waals surface area contributed by atoms with Gasteiger partial charge in [-0.15, -0.1) is 0 Å². The summed E-state index contributed by atoms with van der Waals surface area (Å²) in [5.74, 6) is 0.634. The Balaban J connectivity index is 1.82. The molecular weight excluding hydrogens is 274 g/mol. The third-order valence-corrected chi connectivity index (χ3v) is 3.82. The molecule has 3 aromatic heterocycles. The highest BCUT2D eigenvalue weighted by atomic mass is 32.1. The van der Waals surface area contributed by atoms with Gasteiger partial charge in [-0.2, -0.15) is 4.98 Å². The van der Waals surface area contributed by atoms with Gasteiger partial charge in [0.15, 0.2) is 15.6 Å². The zero-order valence-corrected chi connectivity index (χ0v) is 11.9. The van der Waals surface area contributed by atoms with Crippen LogP contribution in [0.1, 0.15) is 11.1 Å². The molecule has 0 saturated heterocycles. The van der Waals surface area contributed by atoms with E-state index in [1.54, 1.807) is 25.7 Å². The van der Waals surface area contributed by atoms with Crippen molar-refractivity contribution in [3.8, 4) is 5.88 Å². The molecule has 102 valence electrons. The third-order valence-electron chi connectivity index (χ3n) is 2.91. The van der Waals surface area contributed by atoms with Crippen molar-refractivity contribution in [3.63, 3.8) is 0 Å². The van der Waals surface area contributed by atoms with E-state index in [2.05, 4.69) is 25.3 Å². The molecule has 7 heteroatoms. The first-order valence-electron chi connectivity index (χ1n) is 6.08. The highest BCUT2D eigenvalue weighted by Gasteiger charge is 2.09. The number of anilines is 1. The van der Waals surface area contributed by atoms with Gasteiger partial charge in [0.2, 0.25) is 5.88 Å². The highest BCUT2D eigenvalue weighted by molar-refractivity contribution is 7.21. The fourth-order valence-corrected chi connectivity index (χ4v) is 2.63. The number of hydrogen-bond acceptors (Lipinski definition) is 7. The number of fused-ring (bicyclic) bond motifs is 1. The Bertz CT molecular complexity index is 709. The monoisotopic (exact) mass is 287 g/mol. The van der Waals surface area contributed by atoms with Crippen molar-refractivity contribution in [2.75, 3.05) is 12.4 Å². The van der Waals surface area contributed by atoms with E-state index in [0.717, 1.165) is 21.1 Å². The van der Waals surface area contributed by atoms with Crippen molar-refractivity contribution in [1.29, 1.82) is 0 Å². The molecule has 0 atom stereocenters. The van der Waals surface area contributed by atoms with Gasteiger partial charge in [-0.05, 0) is 18.6 Å². The number of hydrogen-bond donors (Lipinski definition) is 1. The van der Waals surface area contributed by atoms with E-state index >= 15 is 0 Å². The average molecular weight is 287 g/mol. The lowest BCUT2D eigenvalue weighted by Gasteiger charge is -2.10. The third kappa shape index (κ3) is 2.39. The molecule has 3 aromatic rings. The van der Waals surface area contributed by atoms with Crippen LogP contribution in [0.25, 0.3) is 10.5 Å². The Labute approximate surface area is 119 Å². The lowest BCUT2D eigenvalue weighted by Crippen LogP contribution is -2.04. The van der Waals surface area contributed by atoms with Gasteiger partial charge in [0.25, 0.3) is 0 Å². The molecule has 0 spiro atoms. The first-order valence-corrected chi connectivity index (χ1v) is 6.89. The summed E-state index contributed by atoms with van der Waals surface area (Å²) in [5.41, 5.74) is 2.81. The van der Waals surface area contributed by atoms with E-state index in [0.29, 0.717) is 18.1 Å². The van der Waals surface area contributed by atoms with Gasteiger partial charge in [0, 0.05) is 30.7 Å². The highest BCUT2D eigenvalue weighted by Crippen LogP contribution is 2.24. The van der Waals surface area contributed by atoms with Crippen molar-refractivity contribution in [3.05, 3.63) is 35.8 Å². The number of nitrogens with zero attached hydrogens (tertiary/aromatic N) is 4. The van der Waals surface area contributed by atoms with Crippen LogP contribution in [0.15, 0.2) is 24.7 Å². The van der Waals surface area contributed by atoms with Gasteiger partial charge in [-0.25, -0.2) is 15.0 Å². The van der Waals surface area contributed by atoms with Crippen molar-refractivity contribution < 1.29 is 4.74 Å². The smallest absolute Gasteiger partial charge is 0.218 e. The fraction of sp³-hybridized carbons (Fsp3) is 0.231. The number of pyridine rings is 1. The lowest BCUT2D eigenvalue weighted by molar-refractivity contribution is 0.392. The van der Waals surface area contributed by atoms with Gasteiger partial charge >= 0.3 is 0 Å². The number of methoxy groups -OCH3 is 1. The SMILES string of the molecule is COc1nccc(C)c1CNc1nc2nccnc2s1. The van der Waals surface area contributed by atoms with E-state index in [1.165, 1.54) is 11.3 Å². The largest absolute Gasteiger partial charge is 0.481 e. The summed E-state index contributed by atoms with van der Waals surface area (Å²) in [7, 11) is 1.62. The summed E-state index contributed by atoms with van der Waals surface area (Å²) in [6, 6.07) is 1.96. The molecule has 0 bridgehead atoms. The molecule has 1 N–H and O–H groups in total. The van der Waals surface area contributed by atoms with E-state index < -0.39 is 0 Å².